The quantitative estimate of drug-likeness (QED) is 0.682. The number of aryl methyl sites for hydroxylation is 1. The first-order valence-corrected chi connectivity index (χ1v) is 6.12. The maximum absolute atomic E-state index is 11.1. The Balaban J connectivity index is 2.30. The molecule has 0 aliphatic rings. The molecule has 0 unspecified atom stereocenters. The van der Waals surface area contributed by atoms with Crippen molar-refractivity contribution in [2.24, 2.45) is 5.73 Å². The number of aromatic nitrogens is 1. The molecule has 1 heterocycles. The fourth-order valence-electron chi connectivity index (χ4n) is 1.78. The van der Waals surface area contributed by atoms with Crippen LogP contribution in [0.3, 0.4) is 0 Å². The van der Waals surface area contributed by atoms with Crippen molar-refractivity contribution in [3.63, 3.8) is 0 Å². The lowest BCUT2D eigenvalue weighted by atomic mass is 10.1. The number of nitrogens with two attached hydrogens (primary N) is 1. The van der Waals surface area contributed by atoms with E-state index >= 15 is 0 Å². The summed E-state index contributed by atoms with van der Waals surface area (Å²) in [5.41, 5.74) is 7.09. The number of hydrogen-bond acceptors (Lipinski definition) is 5. The van der Waals surface area contributed by atoms with E-state index in [0.29, 0.717) is 11.4 Å². The van der Waals surface area contributed by atoms with Crippen molar-refractivity contribution in [1.29, 1.82) is 0 Å². The molecule has 0 saturated heterocycles. The van der Waals surface area contributed by atoms with Crippen LogP contribution in [0.4, 0.5) is 5.69 Å². The molecule has 1 aromatic carbocycles. The van der Waals surface area contributed by atoms with Gasteiger partial charge in [-0.3, -0.25) is 10.1 Å². The molecule has 0 spiro atoms. The van der Waals surface area contributed by atoms with Gasteiger partial charge in [0.2, 0.25) is 11.6 Å². The fraction of sp³-hybridized carbons (Fsp3) is 0.214. The first-order chi connectivity index (χ1) is 9.49. The minimum atomic E-state index is -0.457. The van der Waals surface area contributed by atoms with Crippen LogP contribution in [-0.4, -0.2) is 9.91 Å². The van der Waals surface area contributed by atoms with Gasteiger partial charge in [0, 0.05) is 23.9 Å². The Labute approximate surface area is 116 Å². The minimum absolute atomic E-state index is 0.0504. The van der Waals surface area contributed by atoms with Gasteiger partial charge in [0.25, 0.3) is 0 Å². The molecule has 6 nitrogen and oxygen atoms in total. The monoisotopic (exact) mass is 273 g/mol. The Bertz CT molecular complexity index is 624. The minimum Gasteiger partial charge on any atom is -0.432 e. The second-order valence-corrected chi connectivity index (χ2v) is 4.50. The van der Waals surface area contributed by atoms with E-state index in [4.69, 9.17) is 10.5 Å². The number of pyridine rings is 1. The zero-order valence-electron chi connectivity index (χ0n) is 11.2. The summed E-state index contributed by atoms with van der Waals surface area (Å²) < 4.78 is 5.49. The highest BCUT2D eigenvalue weighted by atomic mass is 16.6. The number of ether oxygens (including phenoxy) is 1. The molecule has 0 aliphatic heterocycles. The Morgan fingerprint density at radius 2 is 2.10 bits per heavy atom. The summed E-state index contributed by atoms with van der Waals surface area (Å²) in [5, 5.41) is 11.1. The van der Waals surface area contributed by atoms with Gasteiger partial charge in [0.05, 0.1) is 4.92 Å². The summed E-state index contributed by atoms with van der Waals surface area (Å²) in [6.45, 7) is 3.51. The molecule has 104 valence electrons. The smallest absolute Gasteiger partial charge is 0.314 e. The summed E-state index contributed by atoms with van der Waals surface area (Å²) in [7, 11) is 0. The summed E-state index contributed by atoms with van der Waals surface area (Å²) in [5.74, 6) is 0.471. The molecule has 2 N–H and O–H groups in total. The molecule has 0 aliphatic carbocycles. The second-order valence-electron chi connectivity index (χ2n) is 4.50. The first kappa shape index (κ1) is 14.0. The molecule has 0 amide bonds. The maximum Gasteiger partial charge on any atom is 0.314 e. The van der Waals surface area contributed by atoms with E-state index in [-0.39, 0.29) is 17.5 Å². The predicted molar refractivity (Wildman–Crippen MR) is 74.7 cm³/mol. The third kappa shape index (κ3) is 2.92. The third-order valence-electron chi connectivity index (χ3n) is 2.88. The van der Waals surface area contributed by atoms with Crippen molar-refractivity contribution in [2.45, 2.75) is 19.9 Å². The lowest BCUT2D eigenvalue weighted by molar-refractivity contribution is -0.386. The van der Waals surface area contributed by atoms with Crippen LogP contribution in [0, 0.1) is 17.0 Å². The summed E-state index contributed by atoms with van der Waals surface area (Å²) in [6, 6.07) is 8.22. The average molecular weight is 273 g/mol. The van der Waals surface area contributed by atoms with E-state index in [9.17, 15) is 10.1 Å². The standard InChI is InChI=1S/C14H15N3O3/c1-9-4-3-5-12(14(9)17(18)19)20-13-7-6-11(8-16-13)10(2)15/h3-8,10H,15H2,1-2H3/t10-/m0/s1. The van der Waals surface area contributed by atoms with Crippen molar-refractivity contribution in [2.75, 3.05) is 0 Å². The lowest BCUT2D eigenvalue weighted by Crippen LogP contribution is -2.05. The highest BCUT2D eigenvalue weighted by Gasteiger charge is 2.19. The van der Waals surface area contributed by atoms with Gasteiger partial charge in [-0.05, 0) is 25.5 Å². The predicted octanol–water partition coefficient (Wildman–Crippen LogP) is 3.11. The van der Waals surface area contributed by atoms with Crippen molar-refractivity contribution in [3.8, 4) is 11.6 Å². The van der Waals surface area contributed by atoms with Gasteiger partial charge in [-0.1, -0.05) is 18.2 Å². The molecule has 1 atom stereocenters. The second kappa shape index (κ2) is 5.66. The highest BCUT2D eigenvalue weighted by molar-refractivity contribution is 5.53. The van der Waals surface area contributed by atoms with E-state index < -0.39 is 4.92 Å². The lowest BCUT2D eigenvalue weighted by Gasteiger charge is -2.08. The normalized spacial score (nSPS) is 11.9. The molecule has 0 radical (unpaired) electrons. The van der Waals surface area contributed by atoms with E-state index in [0.717, 1.165) is 5.56 Å². The molecule has 2 rings (SSSR count). The average Bonchev–Trinajstić information content (AvgIpc) is 2.39. The van der Waals surface area contributed by atoms with Crippen LogP contribution in [0.15, 0.2) is 36.5 Å². The zero-order valence-corrected chi connectivity index (χ0v) is 11.2. The number of nitro benzene ring substituents is 1. The van der Waals surface area contributed by atoms with E-state index in [1.807, 2.05) is 6.92 Å². The summed E-state index contributed by atoms with van der Waals surface area (Å²) in [6.07, 6.45) is 1.60. The largest absolute Gasteiger partial charge is 0.432 e. The molecule has 2 aromatic rings. The number of hydrogen-bond donors (Lipinski definition) is 1. The molecular formula is C14H15N3O3. The van der Waals surface area contributed by atoms with Gasteiger partial charge in [0.15, 0.2) is 0 Å². The van der Waals surface area contributed by atoms with Crippen molar-refractivity contribution in [3.05, 3.63) is 57.8 Å². The topological polar surface area (TPSA) is 91.3 Å². The van der Waals surface area contributed by atoms with Crippen LogP contribution in [0.5, 0.6) is 11.6 Å². The summed E-state index contributed by atoms with van der Waals surface area (Å²) >= 11 is 0. The Kier molecular flexibility index (Phi) is 3.95. The van der Waals surface area contributed by atoms with Crippen molar-refractivity contribution < 1.29 is 9.66 Å². The van der Waals surface area contributed by atoms with Crippen LogP contribution >= 0.6 is 0 Å². The van der Waals surface area contributed by atoms with Crippen LogP contribution in [0.25, 0.3) is 0 Å². The third-order valence-corrected chi connectivity index (χ3v) is 2.88. The molecule has 0 fully saturated rings. The zero-order chi connectivity index (χ0) is 14.7. The SMILES string of the molecule is Cc1cccc(Oc2ccc([C@H](C)N)cn2)c1[N+](=O)[O-]. The van der Waals surface area contributed by atoms with Crippen molar-refractivity contribution in [1.82, 2.24) is 4.98 Å². The molecule has 6 heteroatoms. The molecule has 0 bridgehead atoms. The number of para-hydroxylation sites is 1. The molecule has 0 saturated carbocycles. The Morgan fingerprint density at radius 1 is 1.35 bits per heavy atom. The molecular weight excluding hydrogens is 258 g/mol. The van der Waals surface area contributed by atoms with Gasteiger partial charge in [-0.2, -0.15) is 0 Å². The van der Waals surface area contributed by atoms with Gasteiger partial charge in [0.1, 0.15) is 0 Å². The van der Waals surface area contributed by atoms with E-state index in [1.54, 1.807) is 43.5 Å². The number of rotatable bonds is 4. The highest BCUT2D eigenvalue weighted by Crippen LogP contribution is 2.33. The molecule has 20 heavy (non-hydrogen) atoms. The van der Waals surface area contributed by atoms with Crippen LogP contribution < -0.4 is 10.5 Å². The van der Waals surface area contributed by atoms with Crippen LogP contribution in [0.1, 0.15) is 24.1 Å². The van der Waals surface area contributed by atoms with Gasteiger partial charge in [-0.15, -0.1) is 0 Å². The van der Waals surface area contributed by atoms with Crippen molar-refractivity contribution >= 4 is 5.69 Å². The fourth-order valence-corrected chi connectivity index (χ4v) is 1.78. The Hall–Kier alpha value is -2.47. The first-order valence-electron chi connectivity index (χ1n) is 6.12. The van der Waals surface area contributed by atoms with Crippen LogP contribution in [0.2, 0.25) is 0 Å². The summed E-state index contributed by atoms with van der Waals surface area (Å²) in [4.78, 5) is 14.7. The van der Waals surface area contributed by atoms with Crippen LogP contribution in [-0.2, 0) is 0 Å². The van der Waals surface area contributed by atoms with Gasteiger partial charge >= 0.3 is 5.69 Å². The van der Waals surface area contributed by atoms with E-state index in [1.165, 1.54) is 0 Å². The number of nitrogens with zero attached hydrogens (tertiary/aromatic N) is 2. The number of nitro groups is 1. The van der Waals surface area contributed by atoms with E-state index in [2.05, 4.69) is 4.98 Å². The Morgan fingerprint density at radius 3 is 2.65 bits per heavy atom. The maximum atomic E-state index is 11.1. The van der Waals surface area contributed by atoms with Gasteiger partial charge < -0.3 is 10.5 Å². The molecule has 1 aromatic heterocycles. The van der Waals surface area contributed by atoms with Gasteiger partial charge in [-0.25, -0.2) is 4.98 Å². The number of benzene rings is 1.